The number of aromatic nitrogens is 2. The van der Waals surface area contributed by atoms with Crippen molar-refractivity contribution >= 4 is 10.9 Å². The zero-order valence-electron chi connectivity index (χ0n) is 12.5. The summed E-state index contributed by atoms with van der Waals surface area (Å²) in [6, 6.07) is 8.29. The van der Waals surface area contributed by atoms with Gasteiger partial charge in [-0.05, 0) is 24.8 Å². The van der Waals surface area contributed by atoms with Crippen LogP contribution in [0.4, 0.5) is 0 Å². The van der Waals surface area contributed by atoms with Gasteiger partial charge in [0.2, 0.25) is 0 Å². The van der Waals surface area contributed by atoms with Gasteiger partial charge in [-0.1, -0.05) is 44.4 Å². The highest BCUT2D eigenvalue weighted by molar-refractivity contribution is 5.81. The molecule has 1 N–H and O–H groups in total. The Morgan fingerprint density at radius 1 is 1.40 bits per heavy atom. The molecule has 2 aromatic rings. The summed E-state index contributed by atoms with van der Waals surface area (Å²) in [6.45, 7) is 2.23. The summed E-state index contributed by atoms with van der Waals surface area (Å²) in [5.74, 6) is 0.670. The van der Waals surface area contributed by atoms with Gasteiger partial charge in [-0.15, -0.1) is 0 Å². The van der Waals surface area contributed by atoms with E-state index >= 15 is 0 Å². The smallest absolute Gasteiger partial charge is 0.0731 e. The monoisotopic (exact) mass is 272 g/mol. The van der Waals surface area contributed by atoms with Gasteiger partial charge >= 0.3 is 0 Å². The van der Waals surface area contributed by atoms with E-state index in [1.807, 2.05) is 23.9 Å². The zero-order valence-corrected chi connectivity index (χ0v) is 12.5. The molecule has 2 unspecified atom stereocenters. The number of aryl methyl sites for hydroxylation is 1. The van der Waals surface area contributed by atoms with Gasteiger partial charge in [0.15, 0.2) is 0 Å². The summed E-state index contributed by atoms with van der Waals surface area (Å²) in [4.78, 5) is 0. The molecule has 1 aromatic heterocycles. The third-order valence-electron chi connectivity index (χ3n) is 4.83. The number of benzene rings is 1. The van der Waals surface area contributed by atoms with Crippen LogP contribution in [0.1, 0.15) is 44.7 Å². The Kier molecular flexibility index (Phi) is 3.55. The van der Waals surface area contributed by atoms with Crippen molar-refractivity contribution < 1.29 is 5.11 Å². The van der Waals surface area contributed by atoms with Gasteiger partial charge in [0, 0.05) is 18.9 Å². The van der Waals surface area contributed by atoms with E-state index in [0.29, 0.717) is 12.3 Å². The van der Waals surface area contributed by atoms with Gasteiger partial charge in [-0.25, -0.2) is 0 Å². The number of hydrogen-bond donors (Lipinski definition) is 1. The molecular weight excluding hydrogens is 248 g/mol. The van der Waals surface area contributed by atoms with E-state index in [-0.39, 0.29) is 0 Å². The highest BCUT2D eigenvalue weighted by Gasteiger charge is 2.34. The molecule has 108 valence electrons. The largest absolute Gasteiger partial charge is 0.389 e. The van der Waals surface area contributed by atoms with Gasteiger partial charge in [0.05, 0.1) is 16.8 Å². The van der Waals surface area contributed by atoms with Crippen LogP contribution in [0.2, 0.25) is 0 Å². The fraction of sp³-hybridized carbons (Fsp3) is 0.588. The molecule has 1 aliphatic rings. The Morgan fingerprint density at radius 3 is 3.00 bits per heavy atom. The summed E-state index contributed by atoms with van der Waals surface area (Å²) in [7, 11) is 1.98. The Hall–Kier alpha value is -1.35. The number of para-hydroxylation sites is 1. The zero-order chi connectivity index (χ0) is 14.2. The molecule has 3 heteroatoms. The molecule has 0 amide bonds. The molecule has 3 rings (SSSR count). The van der Waals surface area contributed by atoms with Crippen LogP contribution in [-0.4, -0.2) is 20.5 Å². The average molecular weight is 272 g/mol. The van der Waals surface area contributed by atoms with Crippen molar-refractivity contribution in [3.8, 4) is 0 Å². The first-order valence-corrected chi connectivity index (χ1v) is 7.74. The molecule has 0 bridgehead atoms. The second kappa shape index (κ2) is 5.21. The predicted octanol–water partition coefficient (Wildman–Crippen LogP) is 3.45. The van der Waals surface area contributed by atoms with E-state index in [1.54, 1.807) is 0 Å². The average Bonchev–Trinajstić information content (AvgIpc) is 2.75. The molecule has 2 atom stereocenters. The van der Waals surface area contributed by atoms with Gasteiger partial charge < -0.3 is 5.11 Å². The fourth-order valence-electron chi connectivity index (χ4n) is 3.70. The maximum atomic E-state index is 10.9. The maximum absolute atomic E-state index is 10.9. The minimum Gasteiger partial charge on any atom is -0.389 e. The topological polar surface area (TPSA) is 38.1 Å². The van der Waals surface area contributed by atoms with Crippen molar-refractivity contribution in [2.75, 3.05) is 0 Å². The quantitative estimate of drug-likeness (QED) is 0.929. The molecule has 1 saturated carbocycles. The molecule has 0 spiro atoms. The number of rotatable bonds is 3. The Morgan fingerprint density at radius 2 is 2.20 bits per heavy atom. The molecule has 0 saturated heterocycles. The third-order valence-corrected chi connectivity index (χ3v) is 4.83. The van der Waals surface area contributed by atoms with Gasteiger partial charge in [-0.3, -0.25) is 4.68 Å². The summed E-state index contributed by atoms with van der Waals surface area (Å²) in [5, 5.41) is 16.8. The highest BCUT2D eigenvalue weighted by Crippen LogP contribution is 2.37. The number of nitrogens with zero attached hydrogens (tertiary/aromatic N) is 2. The van der Waals surface area contributed by atoms with E-state index in [1.165, 1.54) is 18.2 Å². The number of fused-ring (bicyclic) bond motifs is 1. The van der Waals surface area contributed by atoms with E-state index in [2.05, 4.69) is 24.2 Å². The van der Waals surface area contributed by atoms with Crippen molar-refractivity contribution in [3.63, 3.8) is 0 Å². The summed E-state index contributed by atoms with van der Waals surface area (Å²) >= 11 is 0. The van der Waals surface area contributed by atoms with Crippen LogP contribution in [0.5, 0.6) is 0 Å². The minimum absolute atomic E-state index is 0.559. The first-order chi connectivity index (χ1) is 9.61. The van der Waals surface area contributed by atoms with Crippen molar-refractivity contribution in [2.24, 2.45) is 13.0 Å². The Bertz CT molecular complexity index is 604. The van der Waals surface area contributed by atoms with Crippen LogP contribution in [0.3, 0.4) is 0 Å². The lowest BCUT2D eigenvalue weighted by atomic mass is 9.75. The molecule has 1 heterocycles. The molecule has 3 nitrogen and oxygen atoms in total. The van der Waals surface area contributed by atoms with Crippen molar-refractivity contribution in [1.29, 1.82) is 0 Å². The van der Waals surface area contributed by atoms with E-state index in [4.69, 9.17) is 0 Å². The van der Waals surface area contributed by atoms with Crippen LogP contribution in [0, 0.1) is 5.92 Å². The maximum Gasteiger partial charge on any atom is 0.0731 e. The number of hydrogen-bond acceptors (Lipinski definition) is 2. The molecule has 0 radical (unpaired) electrons. The second-order valence-electron chi connectivity index (χ2n) is 6.36. The van der Waals surface area contributed by atoms with Crippen molar-refractivity contribution in [2.45, 2.75) is 51.0 Å². The lowest BCUT2D eigenvalue weighted by Gasteiger charge is -2.36. The lowest BCUT2D eigenvalue weighted by molar-refractivity contribution is -0.0167. The molecule has 0 aliphatic heterocycles. The Labute approximate surface area is 120 Å². The summed E-state index contributed by atoms with van der Waals surface area (Å²) in [6.07, 6.45) is 6.10. The lowest BCUT2D eigenvalue weighted by Crippen LogP contribution is -2.37. The number of aliphatic hydroxyl groups is 1. The van der Waals surface area contributed by atoms with Crippen LogP contribution in [0.15, 0.2) is 24.3 Å². The van der Waals surface area contributed by atoms with E-state index in [9.17, 15) is 5.11 Å². The first kappa shape index (κ1) is 13.6. The second-order valence-corrected chi connectivity index (χ2v) is 6.36. The normalized spacial score (nSPS) is 27.1. The SMILES string of the molecule is CCC1CCCC(O)(Cc2nn(C)c3ccccc23)C1. The van der Waals surface area contributed by atoms with Crippen LogP contribution in [-0.2, 0) is 13.5 Å². The Balaban J connectivity index is 1.89. The van der Waals surface area contributed by atoms with Gasteiger partial charge in [0.25, 0.3) is 0 Å². The summed E-state index contributed by atoms with van der Waals surface area (Å²) in [5.41, 5.74) is 1.63. The minimum atomic E-state index is -0.559. The third kappa shape index (κ3) is 2.47. The highest BCUT2D eigenvalue weighted by atomic mass is 16.3. The van der Waals surface area contributed by atoms with E-state index in [0.717, 1.165) is 30.5 Å². The van der Waals surface area contributed by atoms with Crippen LogP contribution < -0.4 is 0 Å². The van der Waals surface area contributed by atoms with Crippen molar-refractivity contribution in [3.05, 3.63) is 30.0 Å². The first-order valence-electron chi connectivity index (χ1n) is 7.74. The van der Waals surface area contributed by atoms with Gasteiger partial charge in [0.1, 0.15) is 0 Å². The molecule has 1 aromatic carbocycles. The summed E-state index contributed by atoms with van der Waals surface area (Å²) < 4.78 is 1.92. The molecular formula is C17H24N2O. The van der Waals surface area contributed by atoms with Crippen molar-refractivity contribution in [1.82, 2.24) is 9.78 Å². The van der Waals surface area contributed by atoms with E-state index < -0.39 is 5.60 Å². The molecule has 20 heavy (non-hydrogen) atoms. The van der Waals surface area contributed by atoms with Crippen LogP contribution >= 0.6 is 0 Å². The molecule has 1 aliphatic carbocycles. The molecule has 1 fully saturated rings. The fourth-order valence-corrected chi connectivity index (χ4v) is 3.70. The van der Waals surface area contributed by atoms with Gasteiger partial charge in [-0.2, -0.15) is 5.10 Å². The standard InChI is InChI=1S/C17H24N2O/c1-3-13-7-6-10-17(20,11-13)12-15-14-8-4-5-9-16(14)19(2)18-15/h4-5,8-9,13,20H,3,6-7,10-12H2,1-2H3. The van der Waals surface area contributed by atoms with Crippen LogP contribution in [0.25, 0.3) is 10.9 Å². The predicted molar refractivity (Wildman–Crippen MR) is 81.6 cm³/mol.